The van der Waals surface area contributed by atoms with Gasteiger partial charge in [0.2, 0.25) is 6.41 Å². The predicted octanol–water partition coefficient (Wildman–Crippen LogP) is 3.35. The molecule has 0 unspecified atom stereocenters. The van der Waals surface area contributed by atoms with Crippen LogP contribution in [0.25, 0.3) is 0 Å². The zero-order valence-electron chi connectivity index (χ0n) is 14.9. The molecule has 0 aliphatic carbocycles. The van der Waals surface area contributed by atoms with E-state index in [9.17, 15) is 9.59 Å². The first-order valence-corrected chi connectivity index (χ1v) is 9.03. The Labute approximate surface area is 164 Å². The summed E-state index contributed by atoms with van der Waals surface area (Å²) in [6, 6.07) is 9.88. The van der Waals surface area contributed by atoms with Crippen molar-refractivity contribution in [1.82, 2.24) is 5.32 Å². The lowest BCUT2D eigenvalue weighted by Gasteiger charge is -2.16. The molecule has 10 heteroatoms. The standard InChI is InChI=1S/C18H16FN5O3S/c1-27-17(26)12-8-13(22-10-25)16(24-18(28-2)21-9-20)14(19)15(12)23-11-6-4-3-5-7-11/h3-8,10,23H,1-2H3,(H,21,24)(H,22,25). The molecule has 0 saturated carbocycles. The Kier molecular flexibility index (Phi) is 7.36. The second kappa shape index (κ2) is 9.94. The van der Waals surface area contributed by atoms with Gasteiger partial charge < -0.3 is 15.4 Å². The molecule has 0 heterocycles. The van der Waals surface area contributed by atoms with E-state index in [-0.39, 0.29) is 27.8 Å². The molecule has 0 aliphatic rings. The van der Waals surface area contributed by atoms with Crippen LogP contribution in [0.4, 0.5) is 27.1 Å². The number of carbonyl (C=O) groups is 2. The first-order chi connectivity index (χ1) is 13.5. The van der Waals surface area contributed by atoms with Gasteiger partial charge in [0.25, 0.3) is 0 Å². The van der Waals surface area contributed by atoms with Gasteiger partial charge in [-0.3, -0.25) is 10.1 Å². The molecule has 0 aromatic heterocycles. The average Bonchev–Trinajstić information content (AvgIpc) is 2.72. The molecule has 0 radical (unpaired) electrons. The van der Waals surface area contributed by atoms with E-state index >= 15 is 4.39 Å². The summed E-state index contributed by atoms with van der Waals surface area (Å²) in [6.45, 7) is 0. The summed E-state index contributed by atoms with van der Waals surface area (Å²) in [5.41, 5.74) is -0.0994. The second-order valence-electron chi connectivity index (χ2n) is 5.11. The molecule has 0 spiro atoms. The van der Waals surface area contributed by atoms with E-state index in [1.54, 1.807) is 42.8 Å². The fourth-order valence-electron chi connectivity index (χ4n) is 2.26. The number of ether oxygens (including phenoxy) is 1. The highest BCUT2D eigenvalue weighted by Gasteiger charge is 2.23. The van der Waals surface area contributed by atoms with Crippen molar-refractivity contribution in [3.8, 4) is 6.19 Å². The Morgan fingerprint density at radius 2 is 2.07 bits per heavy atom. The predicted molar refractivity (Wildman–Crippen MR) is 107 cm³/mol. The first-order valence-electron chi connectivity index (χ1n) is 7.80. The molecule has 144 valence electrons. The number of thioether (sulfide) groups is 1. The number of amidine groups is 1. The van der Waals surface area contributed by atoms with Crippen LogP contribution in [0, 0.1) is 17.3 Å². The van der Waals surface area contributed by atoms with Gasteiger partial charge in [-0.2, -0.15) is 5.26 Å². The third kappa shape index (κ3) is 4.77. The molecule has 0 bridgehead atoms. The Morgan fingerprint density at radius 3 is 2.64 bits per heavy atom. The molecule has 0 atom stereocenters. The molecule has 8 nitrogen and oxygen atoms in total. The fraction of sp³-hybridized carbons (Fsp3) is 0.111. The molecule has 0 aliphatic heterocycles. The maximum atomic E-state index is 15.4. The van der Waals surface area contributed by atoms with Gasteiger partial charge in [0.05, 0.1) is 24.0 Å². The molecule has 1 amide bonds. The summed E-state index contributed by atoms with van der Waals surface area (Å²) in [6.07, 6.45) is 3.67. The van der Waals surface area contributed by atoms with Gasteiger partial charge in [0.15, 0.2) is 17.2 Å². The van der Waals surface area contributed by atoms with Gasteiger partial charge in [-0.1, -0.05) is 30.0 Å². The third-order valence-corrected chi connectivity index (χ3v) is 4.05. The van der Waals surface area contributed by atoms with Gasteiger partial charge in [-0.25, -0.2) is 14.2 Å². The molecule has 0 fully saturated rings. The number of aliphatic imine (C=N–C) groups is 1. The lowest BCUT2D eigenvalue weighted by molar-refractivity contribution is -0.105. The number of anilines is 3. The molecule has 2 aromatic carbocycles. The number of methoxy groups -OCH3 is 1. The summed E-state index contributed by atoms with van der Waals surface area (Å²) in [5.74, 6) is -1.70. The van der Waals surface area contributed by atoms with Crippen molar-refractivity contribution < 1.29 is 18.7 Å². The molecular formula is C18H16FN5O3S. The van der Waals surface area contributed by atoms with Crippen molar-refractivity contribution >= 4 is 52.1 Å². The van der Waals surface area contributed by atoms with Crippen LogP contribution >= 0.6 is 11.8 Å². The van der Waals surface area contributed by atoms with Gasteiger partial charge in [-0.05, 0) is 24.5 Å². The number of amides is 1. The van der Waals surface area contributed by atoms with Gasteiger partial charge >= 0.3 is 5.97 Å². The summed E-state index contributed by atoms with van der Waals surface area (Å²) < 4.78 is 20.1. The van der Waals surface area contributed by atoms with E-state index < -0.39 is 11.8 Å². The number of benzene rings is 2. The summed E-state index contributed by atoms with van der Waals surface area (Å²) in [4.78, 5) is 27.2. The number of halogens is 1. The highest BCUT2D eigenvalue weighted by Crippen LogP contribution is 2.38. The summed E-state index contributed by atoms with van der Waals surface area (Å²) >= 11 is 1.07. The molecular weight excluding hydrogens is 385 g/mol. The van der Waals surface area contributed by atoms with E-state index in [1.165, 1.54) is 6.07 Å². The van der Waals surface area contributed by atoms with Crippen molar-refractivity contribution in [3.63, 3.8) is 0 Å². The van der Waals surface area contributed by atoms with E-state index in [0.717, 1.165) is 18.9 Å². The van der Waals surface area contributed by atoms with Crippen LogP contribution in [-0.2, 0) is 9.53 Å². The maximum absolute atomic E-state index is 15.4. The van der Waals surface area contributed by atoms with E-state index in [0.29, 0.717) is 12.1 Å². The van der Waals surface area contributed by atoms with Crippen molar-refractivity contribution in [2.75, 3.05) is 24.0 Å². The van der Waals surface area contributed by atoms with Crippen LogP contribution in [0.5, 0.6) is 0 Å². The number of rotatable bonds is 6. The second-order valence-corrected chi connectivity index (χ2v) is 5.91. The Morgan fingerprint density at radius 1 is 1.36 bits per heavy atom. The Hall–Kier alpha value is -3.58. The minimum absolute atomic E-state index is 0.0576. The van der Waals surface area contributed by atoms with Crippen molar-refractivity contribution in [2.45, 2.75) is 0 Å². The molecule has 0 saturated heterocycles. The van der Waals surface area contributed by atoms with Gasteiger partial charge in [-0.15, -0.1) is 0 Å². The van der Waals surface area contributed by atoms with Crippen molar-refractivity contribution in [3.05, 3.63) is 47.8 Å². The minimum atomic E-state index is -0.901. The van der Waals surface area contributed by atoms with Crippen LogP contribution < -0.4 is 16.0 Å². The quantitative estimate of drug-likeness (QED) is 0.170. The molecule has 2 aromatic rings. The monoisotopic (exact) mass is 401 g/mol. The van der Waals surface area contributed by atoms with Gasteiger partial charge in [0, 0.05) is 5.69 Å². The smallest absolute Gasteiger partial charge is 0.340 e. The Balaban J connectivity index is 2.73. The lowest BCUT2D eigenvalue weighted by Crippen LogP contribution is -2.14. The number of carbonyl (C=O) groups excluding carboxylic acids is 2. The summed E-state index contributed by atoms with van der Waals surface area (Å²) in [7, 11) is 1.16. The molecule has 2 rings (SSSR count). The molecule has 28 heavy (non-hydrogen) atoms. The topological polar surface area (TPSA) is 116 Å². The number of esters is 1. The first kappa shape index (κ1) is 20.7. The normalized spacial score (nSPS) is 10.6. The third-order valence-electron chi connectivity index (χ3n) is 3.47. The molecule has 3 N–H and O–H groups in total. The number of hydrogen-bond acceptors (Lipinski definition) is 7. The van der Waals surface area contributed by atoms with E-state index in [1.807, 2.05) is 0 Å². The van der Waals surface area contributed by atoms with Crippen molar-refractivity contribution in [1.29, 1.82) is 5.26 Å². The van der Waals surface area contributed by atoms with Gasteiger partial charge in [0.1, 0.15) is 5.69 Å². The van der Waals surface area contributed by atoms with Crippen LogP contribution in [0.3, 0.4) is 0 Å². The van der Waals surface area contributed by atoms with Crippen molar-refractivity contribution in [2.24, 2.45) is 4.99 Å². The Bertz CT molecular complexity index is 944. The SMILES string of the molecule is COC(=O)c1cc(NC=O)c(N=C(NC#N)SC)c(F)c1Nc1ccccc1. The van der Waals surface area contributed by atoms with E-state index in [4.69, 9.17) is 10.00 Å². The number of nitrogens with one attached hydrogen (secondary N) is 3. The fourth-order valence-corrected chi connectivity index (χ4v) is 2.59. The highest BCUT2D eigenvalue weighted by molar-refractivity contribution is 8.13. The van der Waals surface area contributed by atoms with Crippen LogP contribution in [-0.4, -0.2) is 30.9 Å². The van der Waals surface area contributed by atoms with Crippen LogP contribution in [0.2, 0.25) is 0 Å². The highest BCUT2D eigenvalue weighted by atomic mass is 32.2. The zero-order valence-corrected chi connectivity index (χ0v) is 15.8. The minimum Gasteiger partial charge on any atom is -0.465 e. The van der Waals surface area contributed by atoms with Crippen LogP contribution in [0.1, 0.15) is 10.4 Å². The summed E-state index contributed by atoms with van der Waals surface area (Å²) in [5, 5.41) is 16.4. The lowest BCUT2D eigenvalue weighted by atomic mass is 10.1. The van der Waals surface area contributed by atoms with E-state index in [2.05, 4.69) is 20.9 Å². The zero-order chi connectivity index (χ0) is 20.5. The average molecular weight is 401 g/mol. The number of hydrogen-bond donors (Lipinski definition) is 3. The maximum Gasteiger partial charge on any atom is 0.340 e. The number of nitriles is 1. The largest absolute Gasteiger partial charge is 0.465 e. The van der Waals surface area contributed by atoms with Crippen LogP contribution in [0.15, 0.2) is 41.4 Å². The number of para-hydroxylation sites is 1. The number of nitrogens with zero attached hydrogens (tertiary/aromatic N) is 2.